The summed E-state index contributed by atoms with van der Waals surface area (Å²) in [5.74, 6) is 0.928. The predicted molar refractivity (Wildman–Crippen MR) is 84.3 cm³/mol. The summed E-state index contributed by atoms with van der Waals surface area (Å²) in [6.07, 6.45) is 1.92. The van der Waals surface area contributed by atoms with E-state index in [-0.39, 0.29) is 11.9 Å². The molecule has 110 valence electrons. The van der Waals surface area contributed by atoms with Gasteiger partial charge in [-0.05, 0) is 47.0 Å². The predicted octanol–water partition coefficient (Wildman–Crippen LogP) is 2.95. The van der Waals surface area contributed by atoms with Crippen molar-refractivity contribution in [3.63, 3.8) is 0 Å². The van der Waals surface area contributed by atoms with Crippen molar-refractivity contribution in [2.75, 3.05) is 18.6 Å². The van der Waals surface area contributed by atoms with E-state index in [1.807, 2.05) is 23.1 Å². The van der Waals surface area contributed by atoms with Crippen molar-refractivity contribution in [1.29, 1.82) is 0 Å². The van der Waals surface area contributed by atoms with Crippen LogP contribution < -0.4 is 15.0 Å². The van der Waals surface area contributed by atoms with Gasteiger partial charge in [0.1, 0.15) is 5.75 Å². The van der Waals surface area contributed by atoms with E-state index in [4.69, 9.17) is 4.74 Å². The van der Waals surface area contributed by atoms with Gasteiger partial charge in [-0.25, -0.2) is 0 Å². The first kappa shape index (κ1) is 15.3. The topological polar surface area (TPSA) is 41.6 Å². The summed E-state index contributed by atoms with van der Waals surface area (Å²) in [6, 6.07) is 5.98. The van der Waals surface area contributed by atoms with Crippen LogP contribution in [-0.4, -0.2) is 31.6 Å². The second-order valence-electron chi connectivity index (χ2n) is 5.32. The lowest BCUT2D eigenvalue weighted by Crippen LogP contribution is -2.52. The third-order valence-corrected chi connectivity index (χ3v) is 4.04. The highest BCUT2D eigenvalue weighted by atomic mass is 79.9. The zero-order chi connectivity index (χ0) is 14.7. The van der Waals surface area contributed by atoms with Crippen molar-refractivity contribution in [3.8, 4) is 5.75 Å². The fraction of sp³-hybridized carbons (Fsp3) is 0.533. The minimum absolute atomic E-state index is 0.0790. The van der Waals surface area contributed by atoms with Crippen molar-refractivity contribution in [2.24, 2.45) is 0 Å². The Bertz CT molecular complexity index is 491. The maximum absolute atomic E-state index is 12.5. The van der Waals surface area contributed by atoms with Crippen molar-refractivity contribution in [3.05, 3.63) is 22.7 Å². The number of amides is 1. The van der Waals surface area contributed by atoms with E-state index >= 15 is 0 Å². The molecule has 0 aliphatic carbocycles. The van der Waals surface area contributed by atoms with Gasteiger partial charge in [0.25, 0.3) is 0 Å². The molecule has 0 saturated carbocycles. The van der Waals surface area contributed by atoms with E-state index in [0.29, 0.717) is 6.04 Å². The number of nitrogens with zero attached hydrogens (tertiary/aromatic N) is 1. The van der Waals surface area contributed by atoms with Crippen molar-refractivity contribution < 1.29 is 9.53 Å². The molecule has 1 aliphatic heterocycles. The minimum Gasteiger partial charge on any atom is -0.496 e. The van der Waals surface area contributed by atoms with Gasteiger partial charge < -0.3 is 15.0 Å². The molecular weight excluding hydrogens is 320 g/mol. The number of benzene rings is 1. The number of anilines is 1. The minimum atomic E-state index is -0.0790. The summed E-state index contributed by atoms with van der Waals surface area (Å²) in [5.41, 5.74) is 0.915. The highest BCUT2D eigenvalue weighted by Gasteiger charge is 2.30. The molecule has 1 fully saturated rings. The Labute approximate surface area is 128 Å². The molecule has 1 aromatic carbocycles. The fourth-order valence-corrected chi connectivity index (χ4v) is 3.04. The molecule has 1 aromatic rings. The summed E-state index contributed by atoms with van der Waals surface area (Å²) < 4.78 is 6.09. The van der Waals surface area contributed by atoms with Gasteiger partial charge in [0, 0.05) is 18.3 Å². The van der Waals surface area contributed by atoms with Crippen LogP contribution in [0.5, 0.6) is 5.75 Å². The van der Waals surface area contributed by atoms with Gasteiger partial charge in [-0.1, -0.05) is 13.8 Å². The number of piperidine rings is 1. The van der Waals surface area contributed by atoms with Crippen LogP contribution in [0.25, 0.3) is 0 Å². The zero-order valence-corrected chi connectivity index (χ0v) is 13.7. The van der Waals surface area contributed by atoms with Gasteiger partial charge in [-0.2, -0.15) is 0 Å². The number of rotatable bonds is 4. The molecule has 0 aromatic heterocycles. The molecule has 1 aliphatic rings. The highest BCUT2D eigenvalue weighted by Crippen LogP contribution is 2.31. The molecule has 1 amide bonds. The van der Waals surface area contributed by atoms with Crippen LogP contribution in [0.15, 0.2) is 22.7 Å². The fourth-order valence-electron chi connectivity index (χ4n) is 2.51. The van der Waals surface area contributed by atoms with Gasteiger partial charge in [0.15, 0.2) is 0 Å². The molecule has 20 heavy (non-hydrogen) atoms. The van der Waals surface area contributed by atoms with Gasteiger partial charge in [0.2, 0.25) is 5.91 Å². The Kier molecular flexibility index (Phi) is 5.05. The largest absolute Gasteiger partial charge is 0.496 e. The van der Waals surface area contributed by atoms with Gasteiger partial charge in [-0.15, -0.1) is 0 Å². The Hall–Kier alpha value is -1.07. The Morgan fingerprint density at radius 2 is 2.20 bits per heavy atom. The molecule has 0 bridgehead atoms. The van der Waals surface area contributed by atoms with E-state index in [9.17, 15) is 4.79 Å². The van der Waals surface area contributed by atoms with Crippen LogP contribution >= 0.6 is 15.9 Å². The molecule has 5 heteroatoms. The molecule has 0 spiro atoms. The monoisotopic (exact) mass is 340 g/mol. The number of halogens is 1. The second-order valence-corrected chi connectivity index (χ2v) is 6.18. The number of hydrogen-bond donors (Lipinski definition) is 1. The number of carbonyl (C=O) groups is 1. The van der Waals surface area contributed by atoms with Crippen molar-refractivity contribution >= 4 is 27.5 Å². The normalized spacial score (nSPS) is 19.6. The average Bonchev–Trinajstić information content (AvgIpc) is 2.40. The van der Waals surface area contributed by atoms with Crippen LogP contribution in [0, 0.1) is 0 Å². The summed E-state index contributed by atoms with van der Waals surface area (Å²) in [4.78, 5) is 14.4. The van der Waals surface area contributed by atoms with Crippen molar-refractivity contribution in [2.45, 2.75) is 38.8 Å². The van der Waals surface area contributed by atoms with E-state index in [1.54, 1.807) is 7.11 Å². The number of hydrogen-bond acceptors (Lipinski definition) is 3. The molecule has 2 rings (SSSR count). The van der Waals surface area contributed by atoms with Gasteiger partial charge in [-0.3, -0.25) is 4.79 Å². The standard InChI is InChI=1S/C15H21BrN2O2/c1-10(2)17-13-5-4-8-18(15(13)19)11-6-7-14(20-3)12(16)9-11/h6-7,9-10,13,17H,4-5,8H2,1-3H3. The quantitative estimate of drug-likeness (QED) is 0.916. The highest BCUT2D eigenvalue weighted by molar-refractivity contribution is 9.10. The number of methoxy groups -OCH3 is 1. The SMILES string of the molecule is COc1ccc(N2CCCC(NC(C)C)C2=O)cc1Br. The molecule has 1 heterocycles. The van der Waals surface area contributed by atoms with Crippen LogP contribution in [0.3, 0.4) is 0 Å². The molecule has 4 nitrogen and oxygen atoms in total. The summed E-state index contributed by atoms with van der Waals surface area (Å²) in [7, 11) is 1.63. The van der Waals surface area contributed by atoms with Crippen LogP contribution in [0.4, 0.5) is 5.69 Å². The molecule has 0 radical (unpaired) electrons. The molecule has 1 atom stereocenters. The number of nitrogens with one attached hydrogen (secondary N) is 1. The maximum atomic E-state index is 12.5. The Morgan fingerprint density at radius 3 is 2.80 bits per heavy atom. The molecular formula is C15H21BrN2O2. The van der Waals surface area contributed by atoms with Crippen LogP contribution in [-0.2, 0) is 4.79 Å². The number of ether oxygens (including phenoxy) is 1. The van der Waals surface area contributed by atoms with Gasteiger partial charge in [0.05, 0.1) is 17.6 Å². The van der Waals surface area contributed by atoms with Gasteiger partial charge >= 0.3 is 0 Å². The molecule has 1 N–H and O–H groups in total. The lowest BCUT2D eigenvalue weighted by molar-refractivity contribution is -0.121. The first-order chi connectivity index (χ1) is 9.52. The van der Waals surface area contributed by atoms with Crippen LogP contribution in [0.1, 0.15) is 26.7 Å². The van der Waals surface area contributed by atoms with E-state index in [2.05, 4.69) is 35.1 Å². The molecule has 1 saturated heterocycles. The number of carbonyl (C=O) groups excluding carboxylic acids is 1. The zero-order valence-electron chi connectivity index (χ0n) is 12.1. The smallest absolute Gasteiger partial charge is 0.244 e. The van der Waals surface area contributed by atoms with E-state index < -0.39 is 0 Å². The Morgan fingerprint density at radius 1 is 1.45 bits per heavy atom. The summed E-state index contributed by atoms with van der Waals surface area (Å²) in [5, 5.41) is 3.34. The van der Waals surface area contributed by atoms with E-state index in [0.717, 1.165) is 35.3 Å². The van der Waals surface area contributed by atoms with Crippen molar-refractivity contribution in [1.82, 2.24) is 5.32 Å². The average molecular weight is 341 g/mol. The second kappa shape index (κ2) is 6.59. The summed E-state index contributed by atoms with van der Waals surface area (Å²) in [6.45, 7) is 4.90. The third-order valence-electron chi connectivity index (χ3n) is 3.42. The Balaban J connectivity index is 2.19. The van der Waals surface area contributed by atoms with Crippen LogP contribution in [0.2, 0.25) is 0 Å². The summed E-state index contributed by atoms with van der Waals surface area (Å²) >= 11 is 3.47. The van der Waals surface area contributed by atoms with E-state index in [1.165, 1.54) is 0 Å². The third kappa shape index (κ3) is 3.33. The lowest BCUT2D eigenvalue weighted by Gasteiger charge is -2.33. The first-order valence-corrected chi connectivity index (χ1v) is 7.73. The first-order valence-electron chi connectivity index (χ1n) is 6.94. The molecule has 1 unspecified atom stereocenters. The lowest BCUT2D eigenvalue weighted by atomic mass is 10.0. The maximum Gasteiger partial charge on any atom is 0.244 e.